The monoisotopic (exact) mass is 227 g/mol. The Hall–Kier alpha value is -0.630. The Bertz CT molecular complexity index is 213. The first-order valence-electron chi connectivity index (χ1n) is 5.93. The number of aliphatic hydroxyl groups is 1. The minimum atomic E-state index is -0.370. The van der Waals surface area contributed by atoms with E-state index in [1.165, 1.54) is 0 Å². The normalized spacial score (nSPS) is 15.1. The van der Waals surface area contributed by atoms with E-state index in [-0.39, 0.29) is 12.1 Å². The predicted molar refractivity (Wildman–Crippen MR) is 66.0 cm³/mol. The average Bonchev–Trinajstić information content (AvgIpc) is 2.17. The molecule has 0 radical (unpaired) electrons. The number of nitriles is 1. The van der Waals surface area contributed by atoms with E-state index in [0.717, 1.165) is 6.54 Å². The van der Waals surface area contributed by atoms with Gasteiger partial charge in [0.15, 0.2) is 0 Å². The fraction of sp³-hybridized carbons (Fsp3) is 0.917. The SMILES string of the molecule is CC(C)CNCC(O)CN(C)C(C)CC#N. The highest BCUT2D eigenvalue weighted by Gasteiger charge is 2.13. The molecule has 16 heavy (non-hydrogen) atoms. The van der Waals surface area contributed by atoms with Gasteiger partial charge in [0.05, 0.1) is 18.6 Å². The van der Waals surface area contributed by atoms with Gasteiger partial charge in [-0.15, -0.1) is 0 Å². The third kappa shape index (κ3) is 7.63. The molecule has 0 bridgehead atoms. The zero-order valence-corrected chi connectivity index (χ0v) is 10.9. The van der Waals surface area contributed by atoms with Crippen LogP contribution < -0.4 is 5.32 Å². The number of rotatable bonds is 8. The lowest BCUT2D eigenvalue weighted by Gasteiger charge is -2.25. The number of nitrogens with one attached hydrogen (secondary N) is 1. The predicted octanol–water partition coefficient (Wildman–Crippen LogP) is 0.827. The second-order valence-corrected chi connectivity index (χ2v) is 4.86. The molecule has 2 atom stereocenters. The van der Waals surface area contributed by atoms with E-state index < -0.39 is 0 Å². The minimum Gasteiger partial charge on any atom is -0.390 e. The van der Waals surface area contributed by atoms with Gasteiger partial charge in [-0.05, 0) is 26.4 Å². The third-order valence-corrected chi connectivity index (χ3v) is 2.57. The molecule has 0 saturated heterocycles. The zero-order valence-electron chi connectivity index (χ0n) is 10.9. The quantitative estimate of drug-likeness (QED) is 0.645. The molecule has 94 valence electrons. The maximum atomic E-state index is 9.76. The second kappa shape index (κ2) is 8.51. The van der Waals surface area contributed by atoms with Crippen molar-refractivity contribution < 1.29 is 5.11 Å². The first-order chi connectivity index (χ1) is 7.47. The summed E-state index contributed by atoms with van der Waals surface area (Å²) in [6, 6.07) is 2.34. The van der Waals surface area contributed by atoms with Crippen molar-refractivity contribution >= 4 is 0 Å². The molecule has 0 saturated carbocycles. The molecule has 4 nitrogen and oxygen atoms in total. The molecule has 0 fully saturated rings. The van der Waals surface area contributed by atoms with Gasteiger partial charge in [0.2, 0.25) is 0 Å². The van der Waals surface area contributed by atoms with E-state index in [2.05, 4.69) is 25.2 Å². The third-order valence-electron chi connectivity index (χ3n) is 2.57. The van der Waals surface area contributed by atoms with Crippen LogP contribution in [0.4, 0.5) is 0 Å². The van der Waals surface area contributed by atoms with E-state index in [9.17, 15) is 5.11 Å². The standard InChI is InChI=1S/C12H25N3O/c1-10(2)7-14-8-12(16)9-15(4)11(3)5-6-13/h10-12,14,16H,5,7-9H2,1-4H3. The zero-order chi connectivity index (χ0) is 12.6. The van der Waals surface area contributed by atoms with Crippen LogP contribution in [0.5, 0.6) is 0 Å². The highest BCUT2D eigenvalue weighted by atomic mass is 16.3. The van der Waals surface area contributed by atoms with Gasteiger partial charge in [-0.1, -0.05) is 13.8 Å². The van der Waals surface area contributed by atoms with Crippen LogP contribution in [0.2, 0.25) is 0 Å². The molecule has 0 aliphatic rings. The van der Waals surface area contributed by atoms with Gasteiger partial charge in [-0.25, -0.2) is 0 Å². The Labute approximate surface area is 99.3 Å². The Kier molecular flexibility index (Phi) is 8.18. The number of aliphatic hydroxyl groups excluding tert-OH is 1. The summed E-state index contributed by atoms with van der Waals surface area (Å²) in [5, 5.41) is 21.6. The molecule has 2 N–H and O–H groups in total. The van der Waals surface area contributed by atoms with Crippen molar-refractivity contribution in [1.82, 2.24) is 10.2 Å². The van der Waals surface area contributed by atoms with Crippen LogP contribution in [0, 0.1) is 17.2 Å². The Morgan fingerprint density at radius 1 is 1.31 bits per heavy atom. The van der Waals surface area contributed by atoms with Crippen molar-refractivity contribution in [3.63, 3.8) is 0 Å². The lowest BCUT2D eigenvalue weighted by Crippen LogP contribution is -2.40. The van der Waals surface area contributed by atoms with Crippen LogP contribution in [0.25, 0.3) is 0 Å². The van der Waals surface area contributed by atoms with Crippen molar-refractivity contribution in [2.24, 2.45) is 5.92 Å². The van der Waals surface area contributed by atoms with Gasteiger partial charge >= 0.3 is 0 Å². The number of nitrogens with zero attached hydrogens (tertiary/aromatic N) is 2. The van der Waals surface area contributed by atoms with Crippen molar-refractivity contribution in [2.45, 2.75) is 39.3 Å². The van der Waals surface area contributed by atoms with Gasteiger partial charge in [-0.2, -0.15) is 5.26 Å². The first kappa shape index (κ1) is 15.4. The summed E-state index contributed by atoms with van der Waals surface area (Å²) in [6.07, 6.45) is 0.132. The lowest BCUT2D eigenvalue weighted by atomic mass is 10.2. The van der Waals surface area contributed by atoms with Gasteiger partial charge in [-0.3, -0.25) is 0 Å². The summed E-state index contributed by atoms with van der Waals surface area (Å²) in [5.41, 5.74) is 0. The molecule has 0 rings (SSSR count). The molecule has 0 aromatic heterocycles. The van der Waals surface area contributed by atoms with Crippen molar-refractivity contribution in [3.05, 3.63) is 0 Å². The Morgan fingerprint density at radius 2 is 1.94 bits per heavy atom. The molecular formula is C12H25N3O. The van der Waals surface area contributed by atoms with E-state index >= 15 is 0 Å². The molecule has 4 heteroatoms. The largest absolute Gasteiger partial charge is 0.390 e. The molecular weight excluding hydrogens is 202 g/mol. The van der Waals surface area contributed by atoms with E-state index in [4.69, 9.17) is 5.26 Å². The van der Waals surface area contributed by atoms with Crippen molar-refractivity contribution in [1.29, 1.82) is 5.26 Å². The molecule has 0 spiro atoms. The van der Waals surface area contributed by atoms with Crippen LogP contribution in [-0.4, -0.2) is 48.8 Å². The first-order valence-corrected chi connectivity index (χ1v) is 5.93. The van der Waals surface area contributed by atoms with Crippen LogP contribution in [0.15, 0.2) is 0 Å². The van der Waals surface area contributed by atoms with E-state index in [1.54, 1.807) is 0 Å². The van der Waals surface area contributed by atoms with Gasteiger partial charge in [0, 0.05) is 19.1 Å². The second-order valence-electron chi connectivity index (χ2n) is 4.86. The Balaban J connectivity index is 3.69. The molecule has 0 amide bonds. The number of hydrogen-bond acceptors (Lipinski definition) is 4. The summed E-state index contributed by atoms with van der Waals surface area (Å²) in [4.78, 5) is 2.02. The molecule has 0 aliphatic heterocycles. The number of hydrogen-bond donors (Lipinski definition) is 2. The highest BCUT2D eigenvalue weighted by molar-refractivity contribution is 4.79. The van der Waals surface area contributed by atoms with E-state index in [0.29, 0.717) is 25.4 Å². The van der Waals surface area contributed by atoms with Crippen molar-refractivity contribution in [2.75, 3.05) is 26.7 Å². The molecule has 0 aromatic carbocycles. The highest BCUT2D eigenvalue weighted by Crippen LogP contribution is 2.01. The molecule has 0 heterocycles. The smallest absolute Gasteiger partial charge is 0.0791 e. The maximum Gasteiger partial charge on any atom is 0.0791 e. The van der Waals surface area contributed by atoms with Crippen LogP contribution in [-0.2, 0) is 0 Å². The van der Waals surface area contributed by atoms with Gasteiger partial charge in [0.1, 0.15) is 0 Å². The summed E-state index contributed by atoms with van der Waals surface area (Å²) >= 11 is 0. The van der Waals surface area contributed by atoms with Crippen LogP contribution in [0.3, 0.4) is 0 Å². The van der Waals surface area contributed by atoms with Crippen LogP contribution in [0.1, 0.15) is 27.2 Å². The van der Waals surface area contributed by atoms with Crippen molar-refractivity contribution in [3.8, 4) is 6.07 Å². The van der Waals surface area contributed by atoms with Gasteiger partial charge in [0.25, 0.3) is 0 Å². The maximum absolute atomic E-state index is 9.76. The molecule has 2 unspecified atom stereocenters. The summed E-state index contributed by atoms with van der Waals surface area (Å²) in [5.74, 6) is 0.599. The molecule has 0 aromatic rings. The minimum absolute atomic E-state index is 0.199. The average molecular weight is 227 g/mol. The topological polar surface area (TPSA) is 59.3 Å². The van der Waals surface area contributed by atoms with E-state index in [1.807, 2.05) is 18.9 Å². The number of likely N-dealkylation sites (N-methyl/N-ethyl adjacent to an activating group) is 1. The summed E-state index contributed by atoms with van der Waals surface area (Å²) in [7, 11) is 1.94. The summed E-state index contributed by atoms with van der Waals surface area (Å²) in [6.45, 7) is 8.42. The fourth-order valence-corrected chi connectivity index (χ4v) is 1.40. The summed E-state index contributed by atoms with van der Waals surface area (Å²) < 4.78 is 0. The molecule has 0 aliphatic carbocycles. The lowest BCUT2D eigenvalue weighted by molar-refractivity contribution is 0.107. The van der Waals surface area contributed by atoms with Crippen LogP contribution >= 0.6 is 0 Å². The van der Waals surface area contributed by atoms with Gasteiger partial charge < -0.3 is 15.3 Å². The Morgan fingerprint density at radius 3 is 2.44 bits per heavy atom. The fourth-order valence-electron chi connectivity index (χ4n) is 1.40.